The van der Waals surface area contributed by atoms with Crippen LogP contribution in [0.3, 0.4) is 0 Å². The Morgan fingerprint density at radius 3 is 2.75 bits per heavy atom. The molecule has 0 fully saturated rings. The third-order valence-corrected chi connectivity index (χ3v) is 3.14. The van der Waals surface area contributed by atoms with Gasteiger partial charge in [-0.15, -0.1) is 11.6 Å². The fraction of sp³-hybridized carbons (Fsp3) is 0.455. The first-order valence-electron chi connectivity index (χ1n) is 4.98. The first kappa shape index (κ1) is 13.9. The molecule has 90 valence electrons. The van der Waals surface area contributed by atoms with Gasteiger partial charge in [-0.25, -0.2) is 8.78 Å². The molecule has 0 radical (unpaired) electrons. The van der Waals surface area contributed by atoms with E-state index >= 15 is 0 Å². The highest BCUT2D eigenvalue weighted by atomic mass is 79.9. The normalized spacial score (nSPS) is 12.8. The SMILES string of the molecule is CC(CCCl)NCc1c(F)ccc(Br)c1F. The molecule has 16 heavy (non-hydrogen) atoms. The van der Waals surface area contributed by atoms with Gasteiger partial charge in [0.25, 0.3) is 0 Å². The topological polar surface area (TPSA) is 12.0 Å². The van der Waals surface area contributed by atoms with Gasteiger partial charge in [0.05, 0.1) is 4.47 Å². The highest BCUT2D eigenvalue weighted by molar-refractivity contribution is 9.10. The number of rotatable bonds is 5. The van der Waals surface area contributed by atoms with Crippen molar-refractivity contribution >= 4 is 27.5 Å². The third kappa shape index (κ3) is 3.68. The molecule has 1 unspecified atom stereocenters. The summed E-state index contributed by atoms with van der Waals surface area (Å²) in [5, 5.41) is 3.02. The summed E-state index contributed by atoms with van der Waals surface area (Å²) in [6, 6.07) is 2.74. The highest BCUT2D eigenvalue weighted by Gasteiger charge is 2.12. The lowest BCUT2D eigenvalue weighted by Crippen LogP contribution is -2.26. The number of nitrogens with one attached hydrogen (secondary N) is 1. The minimum Gasteiger partial charge on any atom is -0.310 e. The summed E-state index contributed by atoms with van der Waals surface area (Å²) in [6.07, 6.45) is 0.763. The molecule has 0 heterocycles. The maximum Gasteiger partial charge on any atom is 0.144 e. The number of benzene rings is 1. The summed E-state index contributed by atoms with van der Waals surface area (Å²) in [5.74, 6) is -0.561. The first-order valence-corrected chi connectivity index (χ1v) is 6.30. The molecule has 0 aromatic heterocycles. The highest BCUT2D eigenvalue weighted by Crippen LogP contribution is 2.21. The van der Waals surface area contributed by atoms with E-state index in [1.165, 1.54) is 12.1 Å². The van der Waals surface area contributed by atoms with E-state index in [-0.39, 0.29) is 22.6 Å². The molecule has 0 bridgehead atoms. The molecule has 0 aliphatic carbocycles. The van der Waals surface area contributed by atoms with Crippen LogP contribution in [-0.4, -0.2) is 11.9 Å². The molecule has 1 aromatic carbocycles. The molecular weight excluding hydrogens is 299 g/mol. The Hall–Kier alpha value is -0.190. The Labute approximate surface area is 107 Å². The predicted molar refractivity (Wildman–Crippen MR) is 65.7 cm³/mol. The Balaban J connectivity index is 2.70. The summed E-state index contributed by atoms with van der Waals surface area (Å²) < 4.78 is 27.2. The largest absolute Gasteiger partial charge is 0.310 e. The van der Waals surface area contributed by atoms with Crippen molar-refractivity contribution in [2.45, 2.75) is 25.9 Å². The van der Waals surface area contributed by atoms with Crippen LogP contribution in [0.5, 0.6) is 0 Å². The van der Waals surface area contributed by atoms with Crippen molar-refractivity contribution in [2.24, 2.45) is 0 Å². The summed E-state index contributed by atoms with van der Waals surface area (Å²) in [7, 11) is 0. The van der Waals surface area contributed by atoms with Crippen LogP contribution in [0.15, 0.2) is 16.6 Å². The van der Waals surface area contributed by atoms with Crippen LogP contribution >= 0.6 is 27.5 Å². The number of hydrogen-bond acceptors (Lipinski definition) is 1. The van der Waals surface area contributed by atoms with Gasteiger partial charge in [0.15, 0.2) is 0 Å². The predicted octanol–water partition coefficient (Wildman–Crippen LogP) is 3.83. The second-order valence-electron chi connectivity index (χ2n) is 3.58. The molecule has 1 atom stereocenters. The maximum atomic E-state index is 13.5. The van der Waals surface area contributed by atoms with Crippen molar-refractivity contribution < 1.29 is 8.78 Å². The molecule has 1 N–H and O–H groups in total. The molecule has 0 aliphatic heterocycles. The Morgan fingerprint density at radius 1 is 1.44 bits per heavy atom. The van der Waals surface area contributed by atoms with Crippen molar-refractivity contribution in [3.05, 3.63) is 33.8 Å². The molecule has 0 aliphatic rings. The van der Waals surface area contributed by atoms with Crippen LogP contribution in [-0.2, 0) is 6.54 Å². The zero-order chi connectivity index (χ0) is 12.1. The van der Waals surface area contributed by atoms with Gasteiger partial charge in [0.2, 0.25) is 0 Å². The Kier molecular flexibility index (Phi) is 5.66. The van der Waals surface area contributed by atoms with Gasteiger partial charge in [-0.3, -0.25) is 0 Å². The zero-order valence-corrected chi connectivity index (χ0v) is 11.2. The molecule has 1 nitrogen and oxygen atoms in total. The van der Waals surface area contributed by atoms with Crippen LogP contribution in [0.4, 0.5) is 8.78 Å². The van der Waals surface area contributed by atoms with E-state index in [9.17, 15) is 8.78 Å². The number of halogens is 4. The van der Waals surface area contributed by atoms with E-state index in [0.29, 0.717) is 5.88 Å². The minimum atomic E-state index is -0.550. The smallest absolute Gasteiger partial charge is 0.144 e. The van der Waals surface area contributed by atoms with E-state index in [0.717, 1.165) is 6.42 Å². The summed E-state index contributed by atoms with van der Waals surface area (Å²) in [6.45, 7) is 2.09. The van der Waals surface area contributed by atoms with Gasteiger partial charge in [-0.05, 0) is 41.4 Å². The average Bonchev–Trinajstić information content (AvgIpc) is 2.24. The fourth-order valence-corrected chi connectivity index (χ4v) is 1.97. The average molecular weight is 313 g/mol. The van der Waals surface area contributed by atoms with Crippen molar-refractivity contribution in [3.63, 3.8) is 0 Å². The van der Waals surface area contributed by atoms with Crippen molar-refractivity contribution in [2.75, 3.05) is 5.88 Å². The van der Waals surface area contributed by atoms with E-state index in [4.69, 9.17) is 11.6 Å². The second-order valence-corrected chi connectivity index (χ2v) is 4.81. The Morgan fingerprint density at radius 2 is 2.12 bits per heavy atom. The molecular formula is C11H13BrClF2N. The van der Waals surface area contributed by atoms with Gasteiger partial charge >= 0.3 is 0 Å². The molecule has 0 saturated carbocycles. The lowest BCUT2D eigenvalue weighted by molar-refractivity contribution is 0.492. The number of hydrogen-bond donors (Lipinski definition) is 1. The first-order chi connectivity index (χ1) is 7.56. The van der Waals surface area contributed by atoms with Gasteiger partial charge in [0, 0.05) is 24.0 Å². The van der Waals surface area contributed by atoms with Crippen LogP contribution in [0.1, 0.15) is 18.9 Å². The van der Waals surface area contributed by atoms with Crippen LogP contribution < -0.4 is 5.32 Å². The van der Waals surface area contributed by atoms with Gasteiger partial charge in [0.1, 0.15) is 11.6 Å². The van der Waals surface area contributed by atoms with E-state index in [2.05, 4.69) is 21.2 Å². The van der Waals surface area contributed by atoms with Crippen molar-refractivity contribution in [1.82, 2.24) is 5.32 Å². The van der Waals surface area contributed by atoms with Crippen molar-refractivity contribution in [1.29, 1.82) is 0 Å². The third-order valence-electron chi connectivity index (χ3n) is 2.31. The van der Waals surface area contributed by atoms with Gasteiger partial charge < -0.3 is 5.32 Å². The standard InChI is InChI=1S/C11H13BrClF2N/c1-7(4-5-13)16-6-8-10(14)3-2-9(12)11(8)15/h2-3,7,16H,4-6H2,1H3. The summed E-state index contributed by atoms with van der Waals surface area (Å²) in [5.41, 5.74) is 0.0517. The van der Waals surface area contributed by atoms with Gasteiger partial charge in [-0.2, -0.15) is 0 Å². The molecule has 5 heteroatoms. The molecule has 1 aromatic rings. The fourth-order valence-electron chi connectivity index (χ4n) is 1.27. The maximum absolute atomic E-state index is 13.5. The molecule has 0 saturated heterocycles. The quantitative estimate of drug-likeness (QED) is 0.643. The van der Waals surface area contributed by atoms with E-state index < -0.39 is 11.6 Å². The zero-order valence-electron chi connectivity index (χ0n) is 8.87. The van der Waals surface area contributed by atoms with Crippen LogP contribution in [0.25, 0.3) is 0 Å². The van der Waals surface area contributed by atoms with E-state index in [1.54, 1.807) is 0 Å². The summed E-state index contributed by atoms with van der Waals surface area (Å²) in [4.78, 5) is 0. The monoisotopic (exact) mass is 311 g/mol. The van der Waals surface area contributed by atoms with Crippen LogP contribution in [0, 0.1) is 11.6 Å². The molecule has 1 rings (SSSR count). The Bertz CT molecular complexity index is 360. The van der Waals surface area contributed by atoms with Gasteiger partial charge in [-0.1, -0.05) is 0 Å². The van der Waals surface area contributed by atoms with Crippen LogP contribution in [0.2, 0.25) is 0 Å². The number of alkyl halides is 1. The lowest BCUT2D eigenvalue weighted by atomic mass is 10.1. The van der Waals surface area contributed by atoms with E-state index in [1.807, 2.05) is 6.92 Å². The lowest BCUT2D eigenvalue weighted by Gasteiger charge is -2.13. The van der Waals surface area contributed by atoms with Crippen molar-refractivity contribution in [3.8, 4) is 0 Å². The minimum absolute atomic E-state index is 0.0517. The summed E-state index contributed by atoms with van der Waals surface area (Å²) >= 11 is 8.60. The molecule has 0 spiro atoms. The second kappa shape index (κ2) is 6.52. The molecule has 0 amide bonds.